The lowest BCUT2D eigenvalue weighted by atomic mass is 10.3. The van der Waals surface area contributed by atoms with Crippen molar-refractivity contribution < 1.29 is 14.3 Å². The number of aromatic nitrogens is 3. The van der Waals surface area contributed by atoms with Gasteiger partial charge in [0.25, 0.3) is 5.82 Å². The van der Waals surface area contributed by atoms with Gasteiger partial charge in [0.15, 0.2) is 0 Å². The molecule has 0 aromatic carbocycles. The summed E-state index contributed by atoms with van der Waals surface area (Å²) in [6.07, 6.45) is 2.44. The molecule has 6 nitrogen and oxygen atoms in total. The van der Waals surface area contributed by atoms with Crippen molar-refractivity contribution in [2.45, 2.75) is 12.5 Å². The van der Waals surface area contributed by atoms with Crippen LogP contribution in [0.25, 0.3) is 0 Å². The van der Waals surface area contributed by atoms with Gasteiger partial charge in [0.05, 0.1) is 19.8 Å². The van der Waals surface area contributed by atoms with E-state index in [1.54, 1.807) is 4.68 Å². The molecule has 1 aromatic rings. The minimum Gasteiger partial charge on any atom is -0.463 e. The third kappa shape index (κ3) is 1.60. The van der Waals surface area contributed by atoms with Crippen LogP contribution in [0.3, 0.4) is 0 Å². The highest BCUT2D eigenvalue weighted by Crippen LogP contribution is 2.16. The van der Waals surface area contributed by atoms with E-state index in [9.17, 15) is 4.79 Å². The zero-order valence-corrected chi connectivity index (χ0v) is 7.84. The zero-order valence-electron chi connectivity index (χ0n) is 7.84. The van der Waals surface area contributed by atoms with Gasteiger partial charge in [0.2, 0.25) is 0 Å². The molecule has 2 rings (SSSR count). The van der Waals surface area contributed by atoms with E-state index in [-0.39, 0.29) is 11.9 Å². The third-order valence-electron chi connectivity index (χ3n) is 2.16. The van der Waals surface area contributed by atoms with Gasteiger partial charge >= 0.3 is 5.97 Å². The zero-order chi connectivity index (χ0) is 9.97. The van der Waals surface area contributed by atoms with Crippen LogP contribution in [0.5, 0.6) is 0 Å². The Balaban J connectivity index is 2.12. The number of carbonyl (C=O) groups excluding carboxylic acids is 1. The van der Waals surface area contributed by atoms with Crippen LogP contribution in [0, 0.1) is 0 Å². The van der Waals surface area contributed by atoms with E-state index in [0.29, 0.717) is 6.61 Å². The topological polar surface area (TPSA) is 66.2 Å². The normalized spacial score (nSPS) is 21.1. The minimum absolute atomic E-state index is 0.0967. The van der Waals surface area contributed by atoms with Gasteiger partial charge in [-0.15, -0.1) is 5.10 Å². The van der Waals surface area contributed by atoms with Crippen LogP contribution in [-0.2, 0) is 9.47 Å². The van der Waals surface area contributed by atoms with Gasteiger partial charge in [-0.3, -0.25) is 0 Å². The Hall–Kier alpha value is -1.43. The van der Waals surface area contributed by atoms with Gasteiger partial charge in [-0.2, -0.15) is 0 Å². The van der Waals surface area contributed by atoms with Crippen LogP contribution in [0.1, 0.15) is 23.1 Å². The monoisotopic (exact) mass is 197 g/mol. The number of esters is 1. The molecule has 76 valence electrons. The third-order valence-corrected chi connectivity index (χ3v) is 2.16. The van der Waals surface area contributed by atoms with E-state index in [1.165, 1.54) is 13.4 Å². The van der Waals surface area contributed by atoms with Gasteiger partial charge in [0, 0.05) is 6.61 Å². The van der Waals surface area contributed by atoms with Crippen molar-refractivity contribution in [2.75, 3.05) is 20.3 Å². The summed E-state index contributed by atoms with van der Waals surface area (Å²) < 4.78 is 11.4. The highest BCUT2D eigenvalue weighted by molar-refractivity contribution is 5.84. The molecule has 0 N–H and O–H groups in total. The van der Waals surface area contributed by atoms with Crippen LogP contribution in [0.15, 0.2) is 6.33 Å². The Morgan fingerprint density at radius 3 is 3.29 bits per heavy atom. The molecular formula is C8H11N3O3. The van der Waals surface area contributed by atoms with Gasteiger partial charge in [-0.25, -0.2) is 14.5 Å². The first-order valence-corrected chi connectivity index (χ1v) is 4.38. The van der Waals surface area contributed by atoms with E-state index in [2.05, 4.69) is 14.8 Å². The molecule has 1 unspecified atom stereocenters. The first kappa shape index (κ1) is 9.14. The Morgan fingerprint density at radius 2 is 2.64 bits per heavy atom. The number of methoxy groups -OCH3 is 1. The lowest BCUT2D eigenvalue weighted by Gasteiger charge is -2.05. The maximum absolute atomic E-state index is 11.0. The number of hydrogen-bond acceptors (Lipinski definition) is 5. The largest absolute Gasteiger partial charge is 0.463 e. The molecule has 1 aromatic heterocycles. The fraction of sp³-hybridized carbons (Fsp3) is 0.625. The Morgan fingerprint density at radius 1 is 1.79 bits per heavy atom. The fourth-order valence-corrected chi connectivity index (χ4v) is 1.37. The van der Waals surface area contributed by atoms with Crippen molar-refractivity contribution in [3.05, 3.63) is 12.2 Å². The van der Waals surface area contributed by atoms with E-state index >= 15 is 0 Å². The molecular weight excluding hydrogens is 186 g/mol. The number of hydrogen-bond donors (Lipinski definition) is 0. The summed E-state index contributed by atoms with van der Waals surface area (Å²) >= 11 is 0. The molecule has 1 atom stereocenters. The fourth-order valence-electron chi connectivity index (χ4n) is 1.37. The average molecular weight is 197 g/mol. The van der Waals surface area contributed by atoms with E-state index in [0.717, 1.165) is 13.0 Å². The second-order valence-electron chi connectivity index (χ2n) is 3.06. The van der Waals surface area contributed by atoms with E-state index in [1.807, 2.05) is 0 Å². The molecule has 1 fully saturated rings. The van der Waals surface area contributed by atoms with Gasteiger partial charge in [-0.1, -0.05) is 0 Å². The van der Waals surface area contributed by atoms with E-state index < -0.39 is 5.97 Å². The van der Waals surface area contributed by atoms with Crippen LogP contribution in [0.4, 0.5) is 0 Å². The summed E-state index contributed by atoms with van der Waals surface area (Å²) in [5.41, 5.74) is 0. The minimum atomic E-state index is -0.511. The van der Waals surface area contributed by atoms with Crippen LogP contribution in [0.2, 0.25) is 0 Å². The second kappa shape index (κ2) is 3.75. The maximum atomic E-state index is 11.0. The van der Waals surface area contributed by atoms with Crippen molar-refractivity contribution in [3.63, 3.8) is 0 Å². The first-order chi connectivity index (χ1) is 6.81. The predicted octanol–water partition coefficient (Wildman–Crippen LogP) is 0.0261. The molecule has 1 saturated heterocycles. The van der Waals surface area contributed by atoms with Crippen molar-refractivity contribution in [2.24, 2.45) is 0 Å². The Bertz CT molecular complexity index is 330. The van der Waals surface area contributed by atoms with E-state index in [4.69, 9.17) is 4.74 Å². The summed E-state index contributed by atoms with van der Waals surface area (Å²) in [4.78, 5) is 14.9. The summed E-state index contributed by atoms with van der Waals surface area (Å²) in [6.45, 7) is 1.36. The second-order valence-corrected chi connectivity index (χ2v) is 3.06. The summed E-state index contributed by atoms with van der Waals surface area (Å²) in [6, 6.07) is 0.195. The number of rotatable bonds is 2. The molecule has 0 aliphatic carbocycles. The molecule has 0 bridgehead atoms. The number of carbonyl (C=O) groups is 1. The molecule has 14 heavy (non-hydrogen) atoms. The molecule has 0 spiro atoms. The van der Waals surface area contributed by atoms with Crippen LogP contribution < -0.4 is 0 Å². The van der Waals surface area contributed by atoms with Crippen molar-refractivity contribution in [3.8, 4) is 0 Å². The molecule has 2 heterocycles. The predicted molar refractivity (Wildman–Crippen MR) is 45.8 cm³/mol. The first-order valence-electron chi connectivity index (χ1n) is 4.38. The van der Waals surface area contributed by atoms with Crippen LogP contribution >= 0.6 is 0 Å². The maximum Gasteiger partial charge on any atom is 0.377 e. The lowest BCUT2D eigenvalue weighted by Crippen LogP contribution is -2.11. The van der Waals surface area contributed by atoms with Crippen molar-refractivity contribution in [1.82, 2.24) is 14.8 Å². The molecule has 0 amide bonds. The van der Waals surface area contributed by atoms with Crippen molar-refractivity contribution >= 4 is 5.97 Å². The Labute approximate surface area is 80.8 Å². The SMILES string of the molecule is COC(=O)c1ncn(C2CCOC2)n1. The molecule has 0 radical (unpaired) electrons. The Kier molecular flexibility index (Phi) is 2.45. The molecule has 1 aliphatic rings. The summed E-state index contributed by atoms with van der Waals surface area (Å²) in [5, 5.41) is 4.01. The summed E-state index contributed by atoms with van der Waals surface area (Å²) in [7, 11) is 1.31. The highest BCUT2D eigenvalue weighted by Gasteiger charge is 2.20. The highest BCUT2D eigenvalue weighted by atomic mass is 16.5. The van der Waals surface area contributed by atoms with Gasteiger partial charge in [-0.05, 0) is 6.42 Å². The summed E-state index contributed by atoms with van der Waals surface area (Å²) in [5.74, 6) is -0.415. The van der Waals surface area contributed by atoms with Gasteiger partial charge in [0.1, 0.15) is 6.33 Å². The smallest absolute Gasteiger partial charge is 0.377 e. The average Bonchev–Trinajstić information content (AvgIpc) is 2.86. The van der Waals surface area contributed by atoms with Gasteiger partial charge < -0.3 is 9.47 Å². The lowest BCUT2D eigenvalue weighted by molar-refractivity contribution is 0.0586. The molecule has 6 heteroatoms. The molecule has 1 aliphatic heterocycles. The standard InChI is InChI=1S/C8H11N3O3/c1-13-8(12)7-9-5-11(10-7)6-2-3-14-4-6/h5-6H,2-4H2,1H3. The number of nitrogens with zero attached hydrogens (tertiary/aromatic N) is 3. The molecule has 0 saturated carbocycles. The van der Waals surface area contributed by atoms with Crippen LogP contribution in [-0.4, -0.2) is 41.1 Å². The van der Waals surface area contributed by atoms with Crippen molar-refractivity contribution in [1.29, 1.82) is 0 Å². The number of ether oxygens (including phenoxy) is 2. The quantitative estimate of drug-likeness (QED) is 0.625.